The van der Waals surface area contributed by atoms with Crippen LogP contribution in [0.2, 0.25) is 0 Å². The second-order valence-corrected chi connectivity index (χ2v) is 5.28. The van der Waals surface area contributed by atoms with Gasteiger partial charge in [0.1, 0.15) is 11.9 Å². The molecule has 5 nitrogen and oxygen atoms in total. The maximum absolute atomic E-state index is 12.3. The number of hydrogen-bond acceptors (Lipinski definition) is 4. The van der Waals surface area contributed by atoms with E-state index in [4.69, 9.17) is 10.5 Å². The van der Waals surface area contributed by atoms with Gasteiger partial charge in [0.05, 0.1) is 11.4 Å². The maximum atomic E-state index is 12.3. The predicted molar refractivity (Wildman–Crippen MR) is 92.0 cm³/mol. The van der Waals surface area contributed by atoms with Crippen molar-refractivity contribution in [3.63, 3.8) is 0 Å². The van der Waals surface area contributed by atoms with E-state index in [-0.39, 0.29) is 12.0 Å². The Kier molecular flexibility index (Phi) is 6.00. The van der Waals surface area contributed by atoms with Gasteiger partial charge >= 0.3 is 0 Å². The number of carbonyl (C=O) groups excluding carboxylic acids is 1. The highest BCUT2D eigenvalue weighted by Gasteiger charge is 2.16. The van der Waals surface area contributed by atoms with Gasteiger partial charge in [0.2, 0.25) is 0 Å². The van der Waals surface area contributed by atoms with E-state index in [1.165, 1.54) is 6.08 Å². The van der Waals surface area contributed by atoms with Crippen LogP contribution in [0.25, 0.3) is 0 Å². The number of ether oxygens (including phenoxy) is 1. The molecule has 23 heavy (non-hydrogen) atoms. The van der Waals surface area contributed by atoms with Crippen molar-refractivity contribution in [3.8, 4) is 5.75 Å². The number of amides is 1. The second kappa shape index (κ2) is 8.19. The van der Waals surface area contributed by atoms with Crippen molar-refractivity contribution in [2.45, 2.75) is 19.4 Å². The Labute approximate surface area is 136 Å². The van der Waals surface area contributed by atoms with Crippen molar-refractivity contribution >= 4 is 5.91 Å². The molecule has 0 bridgehead atoms. The number of carbonyl (C=O) groups is 1. The zero-order valence-corrected chi connectivity index (χ0v) is 13.3. The molecule has 1 aromatic rings. The highest BCUT2D eigenvalue weighted by Crippen LogP contribution is 2.16. The molecule has 122 valence electrons. The third-order valence-electron chi connectivity index (χ3n) is 3.54. The SMILES string of the molecule is C=C/C(NC(=O)c1ccc(OC2CCNC2)cc1)=C(N)\C=C/C. The summed E-state index contributed by atoms with van der Waals surface area (Å²) in [6.07, 6.45) is 6.24. The molecule has 1 unspecified atom stereocenters. The number of nitrogens with two attached hydrogens (primary N) is 1. The van der Waals surface area contributed by atoms with Crippen molar-refractivity contribution in [1.29, 1.82) is 0 Å². The molecule has 0 aliphatic carbocycles. The fraction of sp³-hybridized carbons (Fsp3) is 0.278. The Morgan fingerprint density at radius 2 is 2.17 bits per heavy atom. The molecular formula is C18H23N3O2. The average molecular weight is 313 g/mol. The van der Waals surface area contributed by atoms with Gasteiger partial charge in [0.15, 0.2) is 0 Å². The van der Waals surface area contributed by atoms with Crippen molar-refractivity contribution in [1.82, 2.24) is 10.6 Å². The summed E-state index contributed by atoms with van der Waals surface area (Å²) in [4.78, 5) is 12.3. The highest BCUT2D eigenvalue weighted by atomic mass is 16.5. The minimum absolute atomic E-state index is 0.200. The molecule has 1 heterocycles. The normalized spacial score (nSPS) is 18.6. The summed E-state index contributed by atoms with van der Waals surface area (Å²) in [6.45, 7) is 7.37. The van der Waals surface area contributed by atoms with E-state index in [1.807, 2.05) is 6.92 Å². The summed E-state index contributed by atoms with van der Waals surface area (Å²) < 4.78 is 5.83. The van der Waals surface area contributed by atoms with Gasteiger partial charge in [-0.25, -0.2) is 0 Å². The molecule has 0 radical (unpaired) electrons. The molecule has 1 fully saturated rings. The van der Waals surface area contributed by atoms with Crippen LogP contribution in [-0.2, 0) is 0 Å². The van der Waals surface area contributed by atoms with Crippen LogP contribution in [0.4, 0.5) is 0 Å². The summed E-state index contributed by atoms with van der Waals surface area (Å²) >= 11 is 0. The van der Waals surface area contributed by atoms with Crippen LogP contribution in [0.15, 0.2) is 60.5 Å². The third-order valence-corrected chi connectivity index (χ3v) is 3.54. The van der Waals surface area contributed by atoms with Crippen LogP contribution in [0.5, 0.6) is 5.75 Å². The molecular weight excluding hydrogens is 290 g/mol. The van der Waals surface area contributed by atoms with Gasteiger partial charge in [0.25, 0.3) is 5.91 Å². The molecule has 5 heteroatoms. The van der Waals surface area contributed by atoms with Gasteiger partial charge in [-0.05, 0) is 56.3 Å². The number of nitrogens with one attached hydrogen (secondary N) is 2. The van der Waals surface area contributed by atoms with Gasteiger partial charge in [-0.3, -0.25) is 4.79 Å². The molecule has 0 aromatic heterocycles. The predicted octanol–water partition coefficient (Wildman–Crippen LogP) is 2.09. The van der Waals surface area contributed by atoms with Gasteiger partial charge in [-0.15, -0.1) is 0 Å². The molecule has 4 N–H and O–H groups in total. The minimum atomic E-state index is -0.235. The first-order valence-corrected chi connectivity index (χ1v) is 7.67. The fourth-order valence-corrected chi connectivity index (χ4v) is 2.31. The van der Waals surface area contributed by atoms with Crippen LogP contribution < -0.4 is 21.1 Å². The zero-order valence-electron chi connectivity index (χ0n) is 13.3. The van der Waals surface area contributed by atoms with Crippen molar-refractivity contribution in [3.05, 3.63) is 66.0 Å². The van der Waals surface area contributed by atoms with Crippen LogP contribution in [0.3, 0.4) is 0 Å². The summed E-state index contributed by atoms with van der Waals surface area (Å²) in [7, 11) is 0. The Bertz CT molecular complexity index is 612. The van der Waals surface area contributed by atoms with Crippen molar-refractivity contribution in [2.75, 3.05) is 13.1 Å². The van der Waals surface area contributed by atoms with E-state index in [2.05, 4.69) is 17.2 Å². The minimum Gasteiger partial charge on any atom is -0.489 e. The molecule has 0 saturated carbocycles. The molecule has 1 amide bonds. The summed E-state index contributed by atoms with van der Waals surface area (Å²) in [6, 6.07) is 7.08. The smallest absolute Gasteiger partial charge is 0.255 e. The zero-order chi connectivity index (χ0) is 16.7. The van der Waals surface area contributed by atoms with E-state index in [1.54, 1.807) is 36.4 Å². The Balaban J connectivity index is 2.01. The average Bonchev–Trinajstić information content (AvgIpc) is 3.06. The lowest BCUT2D eigenvalue weighted by atomic mass is 10.2. The number of benzene rings is 1. The first-order valence-electron chi connectivity index (χ1n) is 7.67. The summed E-state index contributed by atoms with van der Waals surface area (Å²) in [5.74, 6) is 0.532. The third kappa shape index (κ3) is 4.72. The monoisotopic (exact) mass is 313 g/mol. The topological polar surface area (TPSA) is 76.4 Å². The van der Waals surface area contributed by atoms with Crippen LogP contribution in [0.1, 0.15) is 23.7 Å². The Morgan fingerprint density at radius 1 is 1.43 bits per heavy atom. The second-order valence-electron chi connectivity index (χ2n) is 5.28. The number of allylic oxidation sites excluding steroid dienone is 3. The quantitative estimate of drug-likeness (QED) is 0.703. The van der Waals surface area contributed by atoms with E-state index in [0.29, 0.717) is 17.0 Å². The number of rotatable bonds is 6. The largest absolute Gasteiger partial charge is 0.489 e. The summed E-state index contributed by atoms with van der Waals surface area (Å²) in [5, 5.41) is 6.01. The van der Waals surface area contributed by atoms with Crippen molar-refractivity contribution < 1.29 is 9.53 Å². The lowest BCUT2D eigenvalue weighted by Gasteiger charge is -2.13. The Morgan fingerprint density at radius 3 is 2.74 bits per heavy atom. The number of hydrogen-bond donors (Lipinski definition) is 3. The van der Waals surface area contributed by atoms with E-state index >= 15 is 0 Å². The molecule has 1 aliphatic heterocycles. The lowest BCUT2D eigenvalue weighted by molar-refractivity contribution is 0.0966. The van der Waals surface area contributed by atoms with E-state index in [0.717, 1.165) is 25.3 Å². The standard InChI is InChI=1S/C18H23N3O2/c1-3-5-16(19)17(4-2)21-18(22)13-6-8-14(9-7-13)23-15-10-11-20-12-15/h3-9,15,20H,2,10-12,19H2,1H3,(H,21,22)/b5-3-,17-16-. The summed E-state index contributed by atoms with van der Waals surface area (Å²) in [5.41, 5.74) is 7.35. The van der Waals surface area contributed by atoms with E-state index in [9.17, 15) is 4.79 Å². The maximum Gasteiger partial charge on any atom is 0.255 e. The lowest BCUT2D eigenvalue weighted by Crippen LogP contribution is -2.24. The Hall–Kier alpha value is -2.53. The van der Waals surface area contributed by atoms with Gasteiger partial charge in [-0.2, -0.15) is 0 Å². The van der Waals surface area contributed by atoms with Crippen LogP contribution in [0, 0.1) is 0 Å². The van der Waals surface area contributed by atoms with Crippen LogP contribution in [-0.4, -0.2) is 25.1 Å². The first-order chi connectivity index (χ1) is 11.1. The molecule has 1 aromatic carbocycles. The molecule has 2 rings (SSSR count). The van der Waals surface area contributed by atoms with Crippen molar-refractivity contribution in [2.24, 2.45) is 5.73 Å². The van der Waals surface area contributed by atoms with E-state index < -0.39 is 0 Å². The van der Waals surface area contributed by atoms with Gasteiger partial charge in [0, 0.05) is 12.1 Å². The fourth-order valence-electron chi connectivity index (χ4n) is 2.31. The first kappa shape index (κ1) is 16.8. The van der Waals surface area contributed by atoms with Crippen LogP contribution >= 0.6 is 0 Å². The molecule has 0 spiro atoms. The van der Waals surface area contributed by atoms with Gasteiger partial charge in [-0.1, -0.05) is 12.7 Å². The van der Waals surface area contributed by atoms with Gasteiger partial charge < -0.3 is 21.1 Å². The molecule has 1 aliphatic rings. The highest BCUT2D eigenvalue weighted by molar-refractivity contribution is 5.95. The molecule has 1 saturated heterocycles. The molecule has 1 atom stereocenters.